The predicted molar refractivity (Wildman–Crippen MR) is 74.2 cm³/mol. The number of rotatable bonds is 11. The Labute approximate surface area is 112 Å². The SMILES string of the molecule is CCCCCCCCCCn1cc[n+](COC)c1. The van der Waals surface area contributed by atoms with E-state index in [2.05, 4.69) is 34.8 Å². The van der Waals surface area contributed by atoms with E-state index in [4.69, 9.17) is 4.74 Å². The van der Waals surface area contributed by atoms with Gasteiger partial charge < -0.3 is 4.74 Å². The predicted octanol–water partition coefficient (Wildman–Crippen LogP) is 3.52. The number of ether oxygens (including phenoxy) is 1. The van der Waals surface area contributed by atoms with Gasteiger partial charge in [0, 0.05) is 7.11 Å². The molecule has 1 heterocycles. The van der Waals surface area contributed by atoms with Crippen LogP contribution >= 0.6 is 0 Å². The molecule has 0 bridgehead atoms. The van der Waals surface area contributed by atoms with Gasteiger partial charge in [0.15, 0.2) is 6.73 Å². The number of nitrogens with zero attached hydrogens (tertiary/aromatic N) is 2. The Balaban J connectivity index is 1.96. The lowest BCUT2D eigenvalue weighted by atomic mass is 10.1. The molecule has 0 aliphatic heterocycles. The van der Waals surface area contributed by atoms with Gasteiger partial charge in [-0.05, 0) is 12.8 Å². The van der Waals surface area contributed by atoms with E-state index < -0.39 is 0 Å². The number of unbranched alkanes of at least 4 members (excludes halogenated alkanes) is 7. The number of aryl methyl sites for hydroxylation is 1. The Morgan fingerprint density at radius 2 is 1.67 bits per heavy atom. The van der Waals surface area contributed by atoms with Crippen LogP contribution in [0.1, 0.15) is 58.3 Å². The molecule has 0 spiro atoms. The quantitative estimate of drug-likeness (QED) is 0.436. The molecule has 0 aromatic carbocycles. The molecular weight excluding hydrogens is 224 g/mol. The van der Waals surface area contributed by atoms with Gasteiger partial charge >= 0.3 is 0 Å². The maximum absolute atomic E-state index is 5.08. The zero-order chi connectivity index (χ0) is 13.1. The van der Waals surface area contributed by atoms with Crippen LogP contribution in [0.2, 0.25) is 0 Å². The molecule has 0 fully saturated rings. The molecule has 0 unspecified atom stereocenters. The van der Waals surface area contributed by atoms with Crippen molar-refractivity contribution in [1.82, 2.24) is 4.57 Å². The summed E-state index contributed by atoms with van der Waals surface area (Å²) in [6.07, 6.45) is 17.3. The second kappa shape index (κ2) is 10.1. The zero-order valence-electron chi connectivity index (χ0n) is 12.1. The highest BCUT2D eigenvalue weighted by atomic mass is 16.5. The highest BCUT2D eigenvalue weighted by Gasteiger charge is 2.02. The molecule has 0 N–H and O–H groups in total. The smallest absolute Gasteiger partial charge is 0.245 e. The van der Waals surface area contributed by atoms with Crippen molar-refractivity contribution < 1.29 is 9.30 Å². The maximum atomic E-state index is 5.08. The zero-order valence-corrected chi connectivity index (χ0v) is 12.1. The van der Waals surface area contributed by atoms with E-state index in [1.165, 1.54) is 51.4 Å². The minimum Gasteiger partial charge on any atom is -0.345 e. The van der Waals surface area contributed by atoms with E-state index in [0.717, 1.165) is 6.54 Å². The number of hydrogen-bond acceptors (Lipinski definition) is 1. The first kappa shape index (κ1) is 15.2. The third-order valence-corrected chi connectivity index (χ3v) is 3.29. The summed E-state index contributed by atoms with van der Waals surface area (Å²) in [5.74, 6) is 0. The monoisotopic (exact) mass is 253 g/mol. The molecule has 3 heteroatoms. The van der Waals surface area contributed by atoms with Gasteiger partial charge in [-0.15, -0.1) is 0 Å². The van der Waals surface area contributed by atoms with Crippen molar-refractivity contribution in [3.05, 3.63) is 18.7 Å². The van der Waals surface area contributed by atoms with Crippen molar-refractivity contribution >= 4 is 0 Å². The van der Waals surface area contributed by atoms with Crippen LogP contribution in [-0.4, -0.2) is 11.7 Å². The first-order chi connectivity index (χ1) is 8.86. The van der Waals surface area contributed by atoms with Crippen LogP contribution < -0.4 is 4.57 Å². The minimum atomic E-state index is 0.643. The molecule has 18 heavy (non-hydrogen) atoms. The summed E-state index contributed by atoms with van der Waals surface area (Å²) in [5.41, 5.74) is 0. The van der Waals surface area contributed by atoms with Crippen molar-refractivity contribution in [2.45, 2.75) is 71.6 Å². The van der Waals surface area contributed by atoms with Crippen LogP contribution in [0, 0.1) is 0 Å². The first-order valence-corrected chi connectivity index (χ1v) is 7.40. The number of hydrogen-bond donors (Lipinski definition) is 0. The summed E-state index contributed by atoms with van der Waals surface area (Å²) in [6.45, 7) is 4.04. The number of methoxy groups -OCH3 is 1. The van der Waals surface area contributed by atoms with E-state index in [-0.39, 0.29) is 0 Å². The molecule has 0 saturated heterocycles. The molecular formula is C15H29N2O+. The van der Waals surface area contributed by atoms with Crippen molar-refractivity contribution in [2.24, 2.45) is 0 Å². The molecule has 0 aliphatic rings. The number of aromatic nitrogens is 2. The summed E-state index contributed by atoms with van der Waals surface area (Å²) in [4.78, 5) is 0. The molecule has 1 aromatic rings. The highest BCUT2D eigenvalue weighted by Crippen LogP contribution is 2.08. The van der Waals surface area contributed by atoms with Crippen molar-refractivity contribution in [2.75, 3.05) is 7.11 Å². The molecule has 1 aromatic heterocycles. The molecule has 0 atom stereocenters. The molecule has 0 radical (unpaired) electrons. The first-order valence-electron chi connectivity index (χ1n) is 7.40. The topological polar surface area (TPSA) is 18.0 Å². The van der Waals surface area contributed by atoms with Gasteiger partial charge in [-0.3, -0.25) is 0 Å². The van der Waals surface area contributed by atoms with E-state index in [9.17, 15) is 0 Å². The fourth-order valence-electron chi connectivity index (χ4n) is 2.22. The Morgan fingerprint density at radius 3 is 2.33 bits per heavy atom. The van der Waals surface area contributed by atoms with Gasteiger partial charge in [0.2, 0.25) is 6.33 Å². The normalized spacial score (nSPS) is 11.0. The summed E-state index contributed by atoms with van der Waals surface area (Å²) in [5, 5.41) is 0. The van der Waals surface area contributed by atoms with Crippen LogP contribution in [0.3, 0.4) is 0 Å². The summed E-state index contributed by atoms with van der Waals surface area (Å²) in [7, 11) is 1.73. The Morgan fingerprint density at radius 1 is 1.00 bits per heavy atom. The lowest BCUT2D eigenvalue weighted by Crippen LogP contribution is -2.31. The second-order valence-electron chi connectivity index (χ2n) is 5.06. The molecule has 0 amide bonds. The fourth-order valence-corrected chi connectivity index (χ4v) is 2.22. The standard InChI is InChI=1S/C15H29N2O/c1-3-4-5-6-7-8-9-10-11-16-12-13-17(14-16)15-18-2/h12-14H,3-11,15H2,1-2H3/q+1. The van der Waals surface area contributed by atoms with Gasteiger partial charge in [0.1, 0.15) is 12.4 Å². The molecule has 104 valence electrons. The van der Waals surface area contributed by atoms with E-state index in [1.807, 2.05) is 0 Å². The lowest BCUT2D eigenvalue weighted by molar-refractivity contribution is -0.730. The summed E-state index contributed by atoms with van der Waals surface area (Å²) in [6, 6.07) is 0. The van der Waals surface area contributed by atoms with Gasteiger partial charge in [0.05, 0.1) is 6.54 Å². The number of imidazole rings is 1. The van der Waals surface area contributed by atoms with Crippen LogP contribution in [0.25, 0.3) is 0 Å². The molecule has 1 rings (SSSR count). The summed E-state index contributed by atoms with van der Waals surface area (Å²) >= 11 is 0. The second-order valence-corrected chi connectivity index (χ2v) is 5.06. The van der Waals surface area contributed by atoms with Gasteiger partial charge in [0.25, 0.3) is 0 Å². The largest absolute Gasteiger partial charge is 0.345 e. The third kappa shape index (κ3) is 6.80. The van der Waals surface area contributed by atoms with E-state index in [1.54, 1.807) is 7.11 Å². The van der Waals surface area contributed by atoms with Crippen LogP contribution in [-0.2, 0) is 18.0 Å². The lowest BCUT2D eigenvalue weighted by Gasteiger charge is -2.00. The third-order valence-electron chi connectivity index (χ3n) is 3.29. The van der Waals surface area contributed by atoms with Crippen molar-refractivity contribution in [3.63, 3.8) is 0 Å². The van der Waals surface area contributed by atoms with Crippen LogP contribution in [0.4, 0.5) is 0 Å². The minimum absolute atomic E-state index is 0.643. The van der Waals surface area contributed by atoms with Gasteiger partial charge in [-0.1, -0.05) is 45.4 Å². The Kier molecular flexibility index (Phi) is 8.57. The van der Waals surface area contributed by atoms with Crippen LogP contribution in [0.15, 0.2) is 18.7 Å². The van der Waals surface area contributed by atoms with Crippen molar-refractivity contribution in [1.29, 1.82) is 0 Å². The average molecular weight is 253 g/mol. The fraction of sp³-hybridized carbons (Fsp3) is 0.800. The Hall–Kier alpha value is -0.830. The van der Waals surface area contributed by atoms with Gasteiger partial charge in [-0.2, -0.15) is 0 Å². The van der Waals surface area contributed by atoms with E-state index >= 15 is 0 Å². The van der Waals surface area contributed by atoms with Gasteiger partial charge in [-0.25, -0.2) is 9.13 Å². The van der Waals surface area contributed by atoms with Crippen LogP contribution in [0.5, 0.6) is 0 Å². The highest BCUT2D eigenvalue weighted by molar-refractivity contribution is 4.65. The van der Waals surface area contributed by atoms with Crippen molar-refractivity contribution in [3.8, 4) is 0 Å². The molecule has 3 nitrogen and oxygen atoms in total. The Bertz CT molecular complexity index is 296. The summed E-state index contributed by atoms with van der Waals surface area (Å²) < 4.78 is 9.39. The maximum Gasteiger partial charge on any atom is 0.245 e. The molecule has 0 saturated carbocycles. The average Bonchev–Trinajstić information content (AvgIpc) is 2.81. The van der Waals surface area contributed by atoms with E-state index in [0.29, 0.717) is 6.73 Å². The molecule has 0 aliphatic carbocycles.